The predicted octanol–water partition coefficient (Wildman–Crippen LogP) is 2.82. The van der Waals surface area contributed by atoms with Crippen molar-refractivity contribution in [3.63, 3.8) is 0 Å². The van der Waals surface area contributed by atoms with Gasteiger partial charge >= 0.3 is 5.97 Å². The molecule has 0 spiro atoms. The molecule has 1 fully saturated rings. The molecular weight excluding hydrogens is 245 g/mol. The van der Waals surface area contributed by atoms with E-state index in [2.05, 4.69) is 4.90 Å². The van der Waals surface area contributed by atoms with Gasteiger partial charge in [-0.25, -0.2) is 4.39 Å². The maximum absolute atomic E-state index is 13.7. The van der Waals surface area contributed by atoms with Gasteiger partial charge in [0.1, 0.15) is 5.82 Å². The van der Waals surface area contributed by atoms with Crippen LogP contribution >= 0.6 is 0 Å². The molecule has 1 N–H and O–H groups in total. The maximum Gasteiger partial charge on any atom is 0.303 e. The first kappa shape index (κ1) is 14.0. The second kappa shape index (κ2) is 6.15. The summed E-state index contributed by atoms with van der Waals surface area (Å²) in [5.41, 5.74) is 1.76. The summed E-state index contributed by atoms with van der Waals surface area (Å²) in [6.45, 7) is 4.19. The van der Waals surface area contributed by atoms with Crippen molar-refractivity contribution < 1.29 is 14.3 Å². The van der Waals surface area contributed by atoms with E-state index in [0.717, 1.165) is 31.5 Å². The van der Waals surface area contributed by atoms with E-state index < -0.39 is 5.97 Å². The molecule has 4 heteroatoms. The number of likely N-dealkylation sites (tertiary alicyclic amines) is 1. The molecule has 0 bridgehead atoms. The van der Waals surface area contributed by atoms with Crippen LogP contribution in [0, 0.1) is 18.7 Å². The van der Waals surface area contributed by atoms with Crippen LogP contribution in [0.15, 0.2) is 18.2 Å². The molecule has 1 aromatic rings. The first-order valence-corrected chi connectivity index (χ1v) is 6.74. The molecule has 1 aromatic carbocycles. The molecule has 1 unspecified atom stereocenters. The van der Waals surface area contributed by atoms with Crippen LogP contribution in [0.3, 0.4) is 0 Å². The van der Waals surface area contributed by atoms with Gasteiger partial charge in [-0.2, -0.15) is 0 Å². The predicted molar refractivity (Wildman–Crippen MR) is 71.4 cm³/mol. The number of benzene rings is 1. The largest absolute Gasteiger partial charge is 0.481 e. The molecule has 1 aliphatic heterocycles. The van der Waals surface area contributed by atoms with Crippen LogP contribution in [-0.2, 0) is 11.3 Å². The van der Waals surface area contributed by atoms with E-state index in [0.29, 0.717) is 12.1 Å². The van der Waals surface area contributed by atoms with Gasteiger partial charge in [0.05, 0.1) is 0 Å². The molecule has 0 amide bonds. The summed E-state index contributed by atoms with van der Waals surface area (Å²) in [5.74, 6) is -0.723. The van der Waals surface area contributed by atoms with Crippen molar-refractivity contribution in [1.29, 1.82) is 0 Å². The van der Waals surface area contributed by atoms with E-state index in [9.17, 15) is 9.18 Å². The summed E-state index contributed by atoms with van der Waals surface area (Å²) in [5, 5.41) is 8.84. The molecule has 0 aliphatic carbocycles. The second-order valence-electron chi connectivity index (χ2n) is 5.44. The minimum absolute atomic E-state index is 0.175. The van der Waals surface area contributed by atoms with Crippen molar-refractivity contribution in [3.05, 3.63) is 35.1 Å². The Morgan fingerprint density at radius 3 is 3.05 bits per heavy atom. The van der Waals surface area contributed by atoms with Crippen molar-refractivity contribution >= 4 is 5.97 Å². The third-order valence-corrected chi connectivity index (χ3v) is 3.66. The van der Waals surface area contributed by atoms with Crippen molar-refractivity contribution in [2.75, 3.05) is 13.1 Å². The van der Waals surface area contributed by atoms with E-state index in [-0.39, 0.29) is 18.2 Å². The van der Waals surface area contributed by atoms with Gasteiger partial charge in [-0.1, -0.05) is 17.7 Å². The number of hydrogen-bond donors (Lipinski definition) is 1. The third kappa shape index (κ3) is 4.03. The lowest BCUT2D eigenvalue weighted by Gasteiger charge is -2.32. The van der Waals surface area contributed by atoms with Crippen molar-refractivity contribution in [2.45, 2.75) is 32.7 Å². The molecule has 0 saturated carbocycles. The first-order valence-electron chi connectivity index (χ1n) is 6.74. The number of carboxylic acid groups (broad SMARTS) is 1. The Bertz CT molecular complexity index is 461. The topological polar surface area (TPSA) is 40.5 Å². The van der Waals surface area contributed by atoms with E-state index in [1.54, 1.807) is 6.07 Å². The number of hydrogen-bond acceptors (Lipinski definition) is 2. The molecule has 1 atom stereocenters. The highest BCUT2D eigenvalue weighted by Crippen LogP contribution is 2.22. The average molecular weight is 265 g/mol. The monoisotopic (exact) mass is 265 g/mol. The zero-order valence-corrected chi connectivity index (χ0v) is 11.2. The Labute approximate surface area is 113 Å². The van der Waals surface area contributed by atoms with Crippen molar-refractivity contribution in [2.24, 2.45) is 5.92 Å². The number of rotatable bonds is 4. The fourth-order valence-corrected chi connectivity index (χ4v) is 2.77. The number of aryl methyl sites for hydroxylation is 1. The zero-order chi connectivity index (χ0) is 13.8. The van der Waals surface area contributed by atoms with Crippen LogP contribution in [0.1, 0.15) is 30.4 Å². The Kier molecular flexibility index (Phi) is 4.53. The van der Waals surface area contributed by atoms with Gasteiger partial charge in [-0.15, -0.1) is 0 Å². The average Bonchev–Trinajstić information content (AvgIpc) is 2.33. The Morgan fingerprint density at radius 1 is 1.53 bits per heavy atom. The van der Waals surface area contributed by atoms with Gasteiger partial charge in [0.25, 0.3) is 0 Å². The summed E-state index contributed by atoms with van der Waals surface area (Å²) in [6, 6.07) is 5.14. The molecule has 1 aliphatic rings. The summed E-state index contributed by atoms with van der Waals surface area (Å²) >= 11 is 0. The van der Waals surface area contributed by atoms with E-state index in [1.165, 1.54) is 6.07 Å². The summed E-state index contributed by atoms with van der Waals surface area (Å²) < 4.78 is 13.7. The van der Waals surface area contributed by atoms with Gasteiger partial charge in [0.2, 0.25) is 0 Å². The zero-order valence-electron chi connectivity index (χ0n) is 11.2. The second-order valence-corrected chi connectivity index (χ2v) is 5.44. The number of carbonyl (C=O) groups is 1. The highest BCUT2D eigenvalue weighted by Gasteiger charge is 2.22. The normalized spacial score (nSPS) is 20.4. The third-order valence-electron chi connectivity index (χ3n) is 3.66. The molecule has 104 valence electrons. The van der Waals surface area contributed by atoms with E-state index >= 15 is 0 Å². The highest BCUT2D eigenvalue weighted by atomic mass is 19.1. The summed E-state index contributed by atoms with van der Waals surface area (Å²) in [6.07, 6.45) is 2.16. The molecule has 0 aromatic heterocycles. The molecule has 3 nitrogen and oxygen atoms in total. The van der Waals surface area contributed by atoms with Crippen LogP contribution in [-0.4, -0.2) is 29.1 Å². The molecule has 1 saturated heterocycles. The number of piperidine rings is 1. The van der Waals surface area contributed by atoms with Crippen molar-refractivity contribution in [1.82, 2.24) is 4.90 Å². The quantitative estimate of drug-likeness (QED) is 0.910. The summed E-state index contributed by atoms with van der Waals surface area (Å²) in [4.78, 5) is 12.9. The highest BCUT2D eigenvalue weighted by molar-refractivity contribution is 5.67. The Balaban J connectivity index is 1.98. The number of nitrogens with zero attached hydrogens (tertiary/aromatic N) is 1. The molecule has 0 radical (unpaired) electrons. The van der Waals surface area contributed by atoms with Crippen LogP contribution in [0.4, 0.5) is 4.39 Å². The fraction of sp³-hybridized carbons (Fsp3) is 0.533. The van der Waals surface area contributed by atoms with Crippen LogP contribution < -0.4 is 0 Å². The molecule has 2 rings (SSSR count). The summed E-state index contributed by atoms with van der Waals surface area (Å²) in [7, 11) is 0. The number of aliphatic carboxylic acids is 1. The van der Waals surface area contributed by atoms with Gasteiger partial charge < -0.3 is 5.11 Å². The minimum atomic E-state index is -0.742. The molecule has 19 heavy (non-hydrogen) atoms. The number of halogens is 1. The Hall–Kier alpha value is -1.42. The van der Waals surface area contributed by atoms with Crippen LogP contribution in [0.5, 0.6) is 0 Å². The minimum Gasteiger partial charge on any atom is -0.481 e. The maximum atomic E-state index is 13.7. The first-order chi connectivity index (χ1) is 9.04. The standard InChI is InChI=1S/C15H20FNO2/c1-11-4-5-14(16)13(7-11)10-17-6-2-3-12(9-17)8-15(18)19/h4-5,7,12H,2-3,6,8-10H2,1H3,(H,18,19). The fourth-order valence-electron chi connectivity index (χ4n) is 2.77. The van der Waals surface area contributed by atoms with Crippen LogP contribution in [0.2, 0.25) is 0 Å². The number of carboxylic acids is 1. The van der Waals surface area contributed by atoms with E-state index in [4.69, 9.17) is 5.11 Å². The lowest BCUT2D eigenvalue weighted by molar-refractivity contribution is -0.138. The molecule has 1 heterocycles. The Morgan fingerprint density at radius 2 is 2.32 bits per heavy atom. The van der Waals surface area contributed by atoms with Crippen LogP contribution in [0.25, 0.3) is 0 Å². The van der Waals surface area contributed by atoms with Gasteiger partial charge in [-0.05, 0) is 38.3 Å². The smallest absolute Gasteiger partial charge is 0.303 e. The lowest BCUT2D eigenvalue weighted by atomic mass is 9.94. The molecular formula is C15H20FNO2. The SMILES string of the molecule is Cc1ccc(F)c(CN2CCCC(CC(=O)O)C2)c1. The van der Waals surface area contributed by atoms with Crippen molar-refractivity contribution in [3.8, 4) is 0 Å². The van der Waals surface area contributed by atoms with Gasteiger partial charge in [0.15, 0.2) is 0 Å². The van der Waals surface area contributed by atoms with Gasteiger partial charge in [0, 0.05) is 25.1 Å². The lowest BCUT2D eigenvalue weighted by Crippen LogP contribution is -2.36. The van der Waals surface area contributed by atoms with Gasteiger partial charge in [-0.3, -0.25) is 9.69 Å². The van der Waals surface area contributed by atoms with E-state index in [1.807, 2.05) is 13.0 Å².